The van der Waals surface area contributed by atoms with Gasteiger partial charge in [0.25, 0.3) is 0 Å². The second kappa shape index (κ2) is 35.0. The van der Waals surface area contributed by atoms with Gasteiger partial charge in [-0.2, -0.15) is 0 Å². The Morgan fingerprint density at radius 1 is 0.622 bits per heavy atom. The second-order valence-corrected chi connectivity index (χ2v) is 20.0. The molecule has 1 aromatic carbocycles. The molecule has 35 heteroatoms. The van der Waals surface area contributed by atoms with Gasteiger partial charge in [-0.25, -0.2) is 4.57 Å². The number of aromatic nitrogens is 1. The van der Waals surface area contributed by atoms with Crippen LogP contribution in [0.2, 0.25) is 0 Å². The Kier molecular flexibility index (Phi) is 29.9. The highest BCUT2D eigenvalue weighted by Crippen LogP contribution is 2.38. The molecule has 10 atom stereocenters. The van der Waals surface area contributed by atoms with Gasteiger partial charge in [-0.15, -0.1) is 0 Å². The number of amides is 10. The third kappa shape index (κ3) is 25.6. The summed E-state index contributed by atoms with van der Waals surface area (Å²) in [6, 6.07) is -6.25. The van der Waals surface area contributed by atoms with Gasteiger partial charge >= 0.3 is 7.82 Å². The largest absolute Gasteiger partial charge is 0.469 e. The lowest BCUT2D eigenvalue weighted by atomic mass is 10.0. The average molecular weight is 1180 g/mol. The van der Waals surface area contributed by atoms with Gasteiger partial charge in [0.05, 0.1) is 25.4 Å². The van der Waals surface area contributed by atoms with E-state index in [1.165, 1.54) is 13.8 Å². The van der Waals surface area contributed by atoms with E-state index in [0.29, 0.717) is 22.9 Å². The highest BCUT2D eigenvalue weighted by molar-refractivity contribution is 7.46. The minimum absolute atomic E-state index is 0.00365. The number of rotatable bonds is 37. The Morgan fingerprint density at radius 3 is 1.62 bits per heavy atom. The van der Waals surface area contributed by atoms with Crippen molar-refractivity contribution in [3.05, 3.63) is 36.0 Å². The number of fused-ring (bicyclic) bond motifs is 1. The Hall–Kier alpha value is -8.01. The molecule has 1 heterocycles. The summed E-state index contributed by atoms with van der Waals surface area (Å²) in [5, 5.41) is 43.0. The number of carbonyl (C=O) groups is 10. The van der Waals surface area contributed by atoms with E-state index in [1.54, 1.807) is 30.5 Å². The van der Waals surface area contributed by atoms with E-state index in [2.05, 4.69) is 62.8 Å². The van der Waals surface area contributed by atoms with Gasteiger partial charge in [0.2, 0.25) is 59.1 Å². The quantitative estimate of drug-likeness (QED) is 0.0129. The molecule has 0 saturated carbocycles. The number of benzene rings is 1. The van der Waals surface area contributed by atoms with Gasteiger partial charge < -0.3 is 107 Å². The molecular formula is C47H79N18O16P. The highest BCUT2D eigenvalue weighted by Gasteiger charge is 2.38. The van der Waals surface area contributed by atoms with E-state index in [4.69, 9.17) is 38.9 Å². The first-order valence-corrected chi connectivity index (χ1v) is 27.4. The topological polar surface area (TPSA) is 583 Å². The third-order valence-corrected chi connectivity index (χ3v) is 12.6. The Labute approximate surface area is 471 Å². The molecule has 2 aromatic rings. The number of nitrogens with two attached hydrogens (primary N) is 6. The van der Waals surface area contributed by atoms with Crippen molar-refractivity contribution in [2.75, 3.05) is 32.8 Å². The van der Waals surface area contributed by atoms with Crippen LogP contribution < -0.4 is 82.3 Å². The number of nitrogens with zero attached hydrogens (tertiary/aromatic N) is 2. The van der Waals surface area contributed by atoms with Crippen molar-refractivity contribution in [3.8, 4) is 0 Å². The lowest BCUT2D eigenvalue weighted by Gasteiger charge is -2.29. The van der Waals surface area contributed by atoms with Crippen molar-refractivity contribution < 1.29 is 77.0 Å². The fourth-order valence-electron chi connectivity index (χ4n) is 7.84. The molecule has 0 spiro atoms. The number of phosphoric ester groups is 1. The summed E-state index contributed by atoms with van der Waals surface area (Å²) in [5.74, 6) is -10.6. The summed E-state index contributed by atoms with van der Waals surface area (Å²) < 4.78 is 17.0. The summed E-state index contributed by atoms with van der Waals surface area (Å²) in [4.78, 5) is 164. The Morgan fingerprint density at radius 2 is 1.10 bits per heavy atom. The van der Waals surface area contributed by atoms with E-state index >= 15 is 0 Å². The number of aromatic amines is 1. The van der Waals surface area contributed by atoms with Crippen LogP contribution in [0.5, 0.6) is 0 Å². The van der Waals surface area contributed by atoms with Gasteiger partial charge in [0, 0.05) is 43.5 Å². The minimum atomic E-state index is -5.45. The standard InChI is InChI=1S/C47H79N18O16P/c1-23(38(70)57-21-35(49)69)58-42(74)33(19-27-20-56-29-12-6-5-11-28(27)29)62-45(77)37(25(3)81-82(78,79)80)65-41(73)32(15-10-18-55-47(52)53)60-43(75)34(22-66)63-39(71)31(13-7-8-16-48)61-44(76)36(24(2)67)64-40(72)30(59-26(4)68)14-9-17-54-46(50)51/h5-6,11-12,20,23-25,30-34,36-37,56,66-67H,7-10,13-19,21-22,48H2,1-4H3,(H2,49,69)(H,57,70)(H,58,74)(H,59,68)(H,60,75)(H,61,76)(H,62,77)(H,63,71)(H,64,72)(H,65,73)(H4,50,51,54)(H4,52,53,55)(H2,78,79,80)/t23-,24+,25+,30-,31-,32-,33-,34-,36-,37-/m0/s1. The van der Waals surface area contributed by atoms with Crippen LogP contribution >= 0.6 is 7.82 Å². The number of aliphatic hydroxyl groups excluding tert-OH is 2. The zero-order chi connectivity index (χ0) is 61.9. The molecule has 26 N–H and O–H groups in total. The molecule has 0 aliphatic carbocycles. The van der Waals surface area contributed by atoms with Crippen LogP contribution in [0.1, 0.15) is 78.2 Å². The molecule has 0 radical (unpaired) electrons. The van der Waals surface area contributed by atoms with Crippen LogP contribution in [-0.2, 0) is 63.5 Å². The molecule has 0 unspecified atom stereocenters. The number of para-hydroxylation sites is 1. The second-order valence-electron chi connectivity index (χ2n) is 18.9. The number of aliphatic hydroxyl groups is 2. The Balaban J connectivity index is 2.52. The number of guanidine groups is 2. The average Bonchev–Trinajstić information content (AvgIpc) is 3.95. The number of aliphatic imine (C=N–C) groups is 2. The fraction of sp³-hybridized carbons (Fsp3) is 0.574. The van der Waals surface area contributed by atoms with Crippen molar-refractivity contribution in [3.63, 3.8) is 0 Å². The molecule has 0 aliphatic heterocycles. The first-order chi connectivity index (χ1) is 38.5. The van der Waals surface area contributed by atoms with Crippen molar-refractivity contribution in [2.24, 2.45) is 44.4 Å². The summed E-state index contributed by atoms with van der Waals surface area (Å²) in [6.07, 6.45) is -2.06. The normalized spacial score (nSPS) is 14.9. The van der Waals surface area contributed by atoms with Crippen molar-refractivity contribution in [1.82, 2.24) is 52.8 Å². The lowest BCUT2D eigenvalue weighted by molar-refractivity contribution is -0.137. The molecule has 1 aromatic heterocycles. The van der Waals surface area contributed by atoms with Crippen LogP contribution in [0, 0.1) is 0 Å². The summed E-state index contributed by atoms with van der Waals surface area (Å²) >= 11 is 0. The van der Waals surface area contributed by atoms with Gasteiger partial charge in [0.15, 0.2) is 11.9 Å². The van der Waals surface area contributed by atoms with E-state index in [-0.39, 0.29) is 76.5 Å². The molecule has 10 amide bonds. The van der Waals surface area contributed by atoms with Gasteiger partial charge in [-0.1, -0.05) is 18.2 Å². The summed E-state index contributed by atoms with van der Waals surface area (Å²) in [7, 11) is -5.45. The fourth-order valence-corrected chi connectivity index (χ4v) is 8.39. The number of carbonyl (C=O) groups excluding carboxylic acids is 10. The number of hydrogen-bond donors (Lipinski definition) is 20. The van der Waals surface area contributed by atoms with Gasteiger partial charge in [-0.3, -0.25) is 62.5 Å². The van der Waals surface area contributed by atoms with E-state index in [1.807, 2.05) is 0 Å². The number of phosphoric acid groups is 1. The predicted octanol–water partition coefficient (Wildman–Crippen LogP) is -7.66. The van der Waals surface area contributed by atoms with Gasteiger partial charge in [0.1, 0.15) is 48.3 Å². The van der Waals surface area contributed by atoms with Crippen LogP contribution in [0.3, 0.4) is 0 Å². The minimum Gasteiger partial charge on any atom is -0.394 e. The zero-order valence-corrected chi connectivity index (χ0v) is 46.7. The third-order valence-electron chi connectivity index (χ3n) is 11.9. The van der Waals surface area contributed by atoms with Crippen molar-refractivity contribution in [2.45, 2.75) is 140 Å². The van der Waals surface area contributed by atoms with E-state index < -0.39 is 141 Å². The van der Waals surface area contributed by atoms with E-state index in [0.717, 1.165) is 13.8 Å². The highest BCUT2D eigenvalue weighted by atomic mass is 31.2. The molecule has 0 saturated heterocycles. The Bertz CT molecular complexity index is 2620. The monoisotopic (exact) mass is 1180 g/mol. The summed E-state index contributed by atoms with van der Waals surface area (Å²) in [5.41, 5.74) is 33.5. The number of nitrogens with one attached hydrogen (secondary N) is 10. The van der Waals surface area contributed by atoms with Crippen LogP contribution in [0.25, 0.3) is 10.9 Å². The number of primary amides is 1. The van der Waals surface area contributed by atoms with Crippen molar-refractivity contribution in [1.29, 1.82) is 0 Å². The molecular weight excluding hydrogens is 1100 g/mol. The predicted molar refractivity (Wildman–Crippen MR) is 295 cm³/mol. The molecule has 0 bridgehead atoms. The molecule has 458 valence electrons. The first kappa shape index (κ1) is 70.1. The SMILES string of the molecule is CC(=O)N[C@@H](CCCN=C(N)N)C(=O)N[C@H](C(=O)N[C@@H](CCCCN)C(=O)N[C@@H](CO)C(=O)N[C@@H](CCCN=C(N)N)C(=O)N[C@H](C(=O)N[C@@H](Cc1c[nH]c2ccccc12)C(=O)N[C@@H](C)C(=O)NCC(N)=O)[C@@H](C)OP(=O)(O)O)[C@@H](C)O. The van der Waals surface area contributed by atoms with E-state index in [9.17, 15) is 72.5 Å². The first-order valence-electron chi connectivity index (χ1n) is 25.8. The number of H-pyrrole nitrogens is 1. The zero-order valence-electron chi connectivity index (χ0n) is 45.8. The lowest BCUT2D eigenvalue weighted by Crippen LogP contribution is -2.62. The number of unbranched alkanes of at least 4 members (excludes halogenated alkanes) is 1. The van der Waals surface area contributed by atoms with Crippen LogP contribution in [-0.4, -0.2) is 189 Å². The smallest absolute Gasteiger partial charge is 0.394 e. The van der Waals surface area contributed by atoms with Gasteiger partial charge in [-0.05, 0) is 83.9 Å². The molecule has 34 nitrogen and oxygen atoms in total. The molecule has 0 aliphatic rings. The molecule has 82 heavy (non-hydrogen) atoms. The van der Waals surface area contributed by atoms with Crippen LogP contribution in [0.4, 0.5) is 0 Å². The number of hydrogen-bond acceptors (Lipinski definition) is 17. The maximum Gasteiger partial charge on any atom is 0.469 e. The van der Waals surface area contributed by atoms with Crippen molar-refractivity contribution >= 4 is 89.7 Å². The molecule has 2 rings (SSSR count). The maximum atomic E-state index is 14.4. The van der Waals surface area contributed by atoms with Crippen LogP contribution in [0.15, 0.2) is 40.4 Å². The molecule has 0 fully saturated rings. The summed E-state index contributed by atoms with van der Waals surface area (Å²) in [6.45, 7) is 2.98. The maximum absolute atomic E-state index is 14.4.